The predicted octanol–water partition coefficient (Wildman–Crippen LogP) is 1.87. The quantitative estimate of drug-likeness (QED) is 0.467. The number of nitrogens with two attached hydrogens (primary N) is 1. The maximum atomic E-state index is 7.39. The van der Waals surface area contributed by atoms with E-state index in [1.807, 2.05) is 0 Å². The highest BCUT2D eigenvalue weighted by Gasteiger charge is 2.25. The normalized spacial score (nSPS) is 28.8. The molecule has 14 heavy (non-hydrogen) atoms. The summed E-state index contributed by atoms with van der Waals surface area (Å²) in [6.07, 6.45) is 4.45. The van der Waals surface area contributed by atoms with Crippen LogP contribution >= 0.6 is 0 Å². The molecular weight excluding hydrogens is 174 g/mol. The highest BCUT2D eigenvalue weighted by atomic mass is 15.0. The van der Waals surface area contributed by atoms with Crippen LogP contribution in [0.2, 0.25) is 0 Å². The second-order valence-corrected chi connectivity index (χ2v) is 5.40. The first-order valence-corrected chi connectivity index (χ1v) is 5.50. The number of hydrogen-bond donors (Lipinski definition) is 3. The maximum absolute atomic E-state index is 7.39. The van der Waals surface area contributed by atoms with Gasteiger partial charge >= 0.3 is 0 Å². The van der Waals surface area contributed by atoms with Crippen LogP contribution in [0.4, 0.5) is 0 Å². The van der Waals surface area contributed by atoms with Crippen molar-refractivity contribution < 1.29 is 0 Å². The molecule has 4 N–H and O–H groups in total. The van der Waals surface area contributed by atoms with Crippen LogP contribution in [-0.4, -0.2) is 17.4 Å². The van der Waals surface area contributed by atoms with Crippen molar-refractivity contribution in [2.24, 2.45) is 11.7 Å². The van der Waals surface area contributed by atoms with Crippen molar-refractivity contribution in [2.75, 3.05) is 0 Å². The van der Waals surface area contributed by atoms with Gasteiger partial charge in [-0.1, -0.05) is 0 Å². The maximum Gasteiger partial charge on any atom is 0.0936 e. The van der Waals surface area contributed by atoms with Crippen LogP contribution in [0.5, 0.6) is 0 Å². The Morgan fingerprint density at radius 2 is 1.71 bits per heavy atom. The van der Waals surface area contributed by atoms with Crippen LogP contribution < -0.4 is 11.1 Å². The fourth-order valence-electron chi connectivity index (χ4n) is 2.16. The summed E-state index contributed by atoms with van der Waals surface area (Å²) in [7, 11) is 0. The molecule has 1 fully saturated rings. The Labute approximate surface area is 87.0 Å². The number of hydrogen-bond acceptors (Lipinski definition) is 2. The smallest absolute Gasteiger partial charge is 0.0936 e. The Bertz CT molecular complexity index is 197. The molecule has 1 saturated carbocycles. The molecule has 0 aromatic carbocycles. The monoisotopic (exact) mass is 197 g/mol. The average Bonchev–Trinajstić information content (AvgIpc) is 2.02. The van der Waals surface area contributed by atoms with Crippen molar-refractivity contribution in [1.29, 1.82) is 5.41 Å². The van der Waals surface area contributed by atoms with Crippen molar-refractivity contribution in [3.05, 3.63) is 0 Å². The van der Waals surface area contributed by atoms with Gasteiger partial charge in [-0.2, -0.15) is 0 Å². The molecule has 0 amide bonds. The molecule has 1 aliphatic rings. The van der Waals surface area contributed by atoms with Gasteiger partial charge in [0.15, 0.2) is 0 Å². The summed E-state index contributed by atoms with van der Waals surface area (Å²) in [6.45, 7) is 6.60. The molecule has 0 aliphatic heterocycles. The zero-order chi connectivity index (χ0) is 10.8. The average molecular weight is 197 g/mol. The van der Waals surface area contributed by atoms with Gasteiger partial charge in [0.05, 0.1) is 5.84 Å². The largest absolute Gasteiger partial charge is 0.387 e. The van der Waals surface area contributed by atoms with E-state index in [0.29, 0.717) is 17.8 Å². The van der Waals surface area contributed by atoms with E-state index in [1.54, 1.807) is 0 Å². The van der Waals surface area contributed by atoms with Crippen molar-refractivity contribution >= 4 is 5.84 Å². The van der Waals surface area contributed by atoms with Gasteiger partial charge < -0.3 is 11.1 Å². The Hall–Kier alpha value is -0.570. The van der Waals surface area contributed by atoms with Gasteiger partial charge in [0.2, 0.25) is 0 Å². The summed E-state index contributed by atoms with van der Waals surface area (Å²) in [5.41, 5.74) is 5.70. The highest BCUT2D eigenvalue weighted by molar-refractivity contribution is 5.79. The van der Waals surface area contributed by atoms with Crippen molar-refractivity contribution in [2.45, 2.75) is 58.0 Å². The second-order valence-electron chi connectivity index (χ2n) is 5.40. The molecule has 0 saturated heterocycles. The zero-order valence-electron chi connectivity index (χ0n) is 9.56. The van der Waals surface area contributed by atoms with Gasteiger partial charge in [-0.05, 0) is 46.5 Å². The summed E-state index contributed by atoms with van der Waals surface area (Å²) in [6, 6.07) is 0.616. The third kappa shape index (κ3) is 3.66. The molecule has 1 rings (SSSR count). The fraction of sp³-hybridized carbons (Fsp3) is 0.909. The first kappa shape index (κ1) is 11.5. The van der Waals surface area contributed by atoms with Gasteiger partial charge in [0.1, 0.15) is 0 Å². The molecule has 1 aliphatic carbocycles. The van der Waals surface area contributed by atoms with E-state index >= 15 is 0 Å². The van der Waals surface area contributed by atoms with E-state index in [1.165, 1.54) is 0 Å². The summed E-state index contributed by atoms with van der Waals surface area (Å²) in [4.78, 5) is 0. The third-order valence-corrected chi connectivity index (χ3v) is 2.80. The molecule has 3 heteroatoms. The Kier molecular flexibility index (Phi) is 3.53. The fourth-order valence-corrected chi connectivity index (χ4v) is 2.16. The van der Waals surface area contributed by atoms with E-state index in [2.05, 4.69) is 26.1 Å². The van der Waals surface area contributed by atoms with E-state index in [4.69, 9.17) is 11.1 Å². The first-order valence-electron chi connectivity index (χ1n) is 5.50. The van der Waals surface area contributed by atoms with Gasteiger partial charge in [-0.25, -0.2) is 0 Å². The van der Waals surface area contributed by atoms with Crippen LogP contribution in [0, 0.1) is 11.3 Å². The molecule has 0 bridgehead atoms. The number of amidine groups is 1. The Morgan fingerprint density at radius 1 is 1.21 bits per heavy atom. The first-order chi connectivity index (χ1) is 6.38. The second kappa shape index (κ2) is 4.30. The Morgan fingerprint density at radius 3 is 2.07 bits per heavy atom. The third-order valence-electron chi connectivity index (χ3n) is 2.80. The summed E-state index contributed by atoms with van der Waals surface area (Å²) < 4.78 is 0. The molecule has 0 aromatic heterocycles. The van der Waals surface area contributed by atoms with Crippen LogP contribution in [0.1, 0.15) is 46.5 Å². The van der Waals surface area contributed by atoms with Crippen molar-refractivity contribution in [1.82, 2.24) is 5.32 Å². The van der Waals surface area contributed by atoms with Crippen LogP contribution in [0.3, 0.4) is 0 Å². The van der Waals surface area contributed by atoms with E-state index < -0.39 is 0 Å². The molecule has 0 atom stereocenters. The zero-order valence-corrected chi connectivity index (χ0v) is 9.56. The molecule has 0 heterocycles. The topological polar surface area (TPSA) is 61.9 Å². The van der Waals surface area contributed by atoms with Gasteiger partial charge in [0, 0.05) is 17.5 Å². The lowest BCUT2D eigenvalue weighted by molar-refractivity contribution is 0.277. The molecule has 82 valence electrons. The molecule has 0 aromatic rings. The van der Waals surface area contributed by atoms with Crippen molar-refractivity contribution in [3.8, 4) is 0 Å². The number of nitrogens with one attached hydrogen (secondary N) is 2. The van der Waals surface area contributed by atoms with Crippen LogP contribution in [0.15, 0.2) is 0 Å². The molecule has 0 unspecified atom stereocenters. The minimum atomic E-state index is 0.202. The van der Waals surface area contributed by atoms with Gasteiger partial charge in [0.25, 0.3) is 0 Å². The van der Waals surface area contributed by atoms with E-state index in [-0.39, 0.29) is 5.54 Å². The summed E-state index contributed by atoms with van der Waals surface area (Å²) >= 11 is 0. The number of rotatable bonds is 2. The lowest BCUT2D eigenvalue weighted by atomic mass is 9.84. The van der Waals surface area contributed by atoms with Crippen LogP contribution in [0.25, 0.3) is 0 Å². The van der Waals surface area contributed by atoms with Crippen LogP contribution in [-0.2, 0) is 0 Å². The van der Waals surface area contributed by atoms with E-state index in [0.717, 1.165) is 25.7 Å². The highest BCUT2D eigenvalue weighted by Crippen LogP contribution is 2.25. The lowest BCUT2D eigenvalue weighted by Gasteiger charge is -2.33. The Balaban J connectivity index is 2.33. The molecular formula is C11H23N3. The summed E-state index contributed by atoms with van der Waals surface area (Å²) in [5, 5.41) is 11.0. The standard InChI is InChI=1S/C11H23N3/c1-11(2,3)14-9-6-4-8(5-7-9)10(12)13/h8-9,14H,4-7H2,1-3H3,(H3,12,13). The van der Waals surface area contributed by atoms with Crippen molar-refractivity contribution in [3.63, 3.8) is 0 Å². The minimum Gasteiger partial charge on any atom is -0.387 e. The van der Waals surface area contributed by atoms with Gasteiger partial charge in [-0.15, -0.1) is 0 Å². The minimum absolute atomic E-state index is 0.202. The molecule has 0 spiro atoms. The molecule has 3 nitrogen and oxygen atoms in total. The predicted molar refractivity (Wildman–Crippen MR) is 60.5 cm³/mol. The summed E-state index contributed by atoms with van der Waals surface area (Å²) in [5.74, 6) is 0.715. The molecule has 0 radical (unpaired) electrons. The lowest BCUT2D eigenvalue weighted by Crippen LogP contribution is -2.46. The van der Waals surface area contributed by atoms with Gasteiger partial charge in [-0.3, -0.25) is 5.41 Å². The van der Waals surface area contributed by atoms with E-state index in [9.17, 15) is 0 Å². The SMILES string of the molecule is CC(C)(C)NC1CCC(C(=N)N)CC1.